The molecule has 2 aromatic rings. The number of nitrogens with two attached hydrogens (primary N) is 1. The number of rotatable bonds is 4. The van der Waals surface area contributed by atoms with Crippen LogP contribution in [0.15, 0.2) is 53.5 Å². The van der Waals surface area contributed by atoms with Gasteiger partial charge in [-0.2, -0.15) is 0 Å². The van der Waals surface area contributed by atoms with Crippen LogP contribution >= 0.6 is 11.8 Å². The zero-order chi connectivity index (χ0) is 18.9. The minimum atomic E-state index is -0.945. The standard InChI is InChI=1S/C19H18FN3O2S/c1-11(14-8-3-4-9-15(14)20)22-18-23-17(25)19(2,26-18)13-7-5-6-12(10-13)16(21)24/h3-11H,1-2H3,(H2,21,24)(H,22,23,25)/t11-,19?/m0/s1. The summed E-state index contributed by atoms with van der Waals surface area (Å²) >= 11 is 1.24. The van der Waals surface area contributed by atoms with Crippen LogP contribution in [0.2, 0.25) is 0 Å². The monoisotopic (exact) mass is 371 g/mol. The van der Waals surface area contributed by atoms with Gasteiger partial charge in [-0.3, -0.25) is 14.6 Å². The fourth-order valence-electron chi connectivity index (χ4n) is 2.76. The Hall–Kier alpha value is -2.67. The Morgan fingerprint density at radius 2 is 2.00 bits per heavy atom. The number of carbonyl (C=O) groups is 2. The number of hydrogen-bond acceptors (Lipinski definition) is 4. The molecule has 0 aliphatic carbocycles. The summed E-state index contributed by atoms with van der Waals surface area (Å²) in [6.45, 7) is 3.52. The van der Waals surface area contributed by atoms with Gasteiger partial charge < -0.3 is 11.1 Å². The summed E-state index contributed by atoms with van der Waals surface area (Å²) in [7, 11) is 0. The van der Waals surface area contributed by atoms with Gasteiger partial charge in [0.1, 0.15) is 10.6 Å². The second-order valence-corrected chi connectivity index (χ2v) is 7.57. The van der Waals surface area contributed by atoms with E-state index in [1.165, 1.54) is 17.8 Å². The summed E-state index contributed by atoms with van der Waals surface area (Å²) in [5.41, 5.74) is 6.77. The second-order valence-electron chi connectivity index (χ2n) is 6.17. The van der Waals surface area contributed by atoms with Crippen LogP contribution in [-0.2, 0) is 9.54 Å². The van der Waals surface area contributed by atoms with Gasteiger partial charge in [0, 0.05) is 11.1 Å². The molecule has 2 amide bonds. The molecule has 0 bridgehead atoms. The molecule has 26 heavy (non-hydrogen) atoms. The quantitative estimate of drug-likeness (QED) is 0.866. The van der Waals surface area contributed by atoms with Crippen molar-refractivity contribution in [3.63, 3.8) is 0 Å². The van der Waals surface area contributed by atoms with E-state index in [-0.39, 0.29) is 11.7 Å². The first kappa shape index (κ1) is 18.1. The Kier molecular flexibility index (Phi) is 4.82. The van der Waals surface area contributed by atoms with Crippen LogP contribution in [0.3, 0.4) is 0 Å². The van der Waals surface area contributed by atoms with Gasteiger partial charge in [-0.1, -0.05) is 42.1 Å². The van der Waals surface area contributed by atoms with Crippen LogP contribution in [0.5, 0.6) is 0 Å². The Balaban J connectivity index is 1.89. The average Bonchev–Trinajstić information content (AvgIpc) is 2.90. The maximum Gasteiger partial charge on any atom is 0.248 e. The molecule has 3 rings (SSSR count). The molecule has 1 fully saturated rings. The third-order valence-corrected chi connectivity index (χ3v) is 5.55. The van der Waals surface area contributed by atoms with Crippen molar-refractivity contribution < 1.29 is 14.0 Å². The van der Waals surface area contributed by atoms with E-state index in [9.17, 15) is 14.0 Å². The van der Waals surface area contributed by atoms with Crippen molar-refractivity contribution in [1.82, 2.24) is 5.32 Å². The minimum Gasteiger partial charge on any atom is -0.366 e. The molecular formula is C19H18FN3O2S. The summed E-state index contributed by atoms with van der Waals surface area (Å²) in [6, 6.07) is 12.6. The molecule has 1 heterocycles. The fraction of sp³-hybridized carbons (Fsp3) is 0.211. The van der Waals surface area contributed by atoms with Gasteiger partial charge in [-0.25, -0.2) is 4.39 Å². The number of aliphatic imine (C=N–C) groups is 1. The van der Waals surface area contributed by atoms with E-state index in [1.54, 1.807) is 56.3 Å². The molecule has 2 aromatic carbocycles. The fourth-order valence-corrected chi connectivity index (χ4v) is 3.89. The molecule has 1 saturated heterocycles. The maximum atomic E-state index is 13.9. The predicted molar refractivity (Wildman–Crippen MR) is 100 cm³/mol. The smallest absolute Gasteiger partial charge is 0.248 e. The highest BCUT2D eigenvalue weighted by Gasteiger charge is 2.44. The summed E-state index contributed by atoms with van der Waals surface area (Å²) in [6.07, 6.45) is 0. The maximum absolute atomic E-state index is 13.9. The second kappa shape index (κ2) is 6.92. The lowest BCUT2D eigenvalue weighted by atomic mass is 9.97. The largest absolute Gasteiger partial charge is 0.366 e. The Labute approximate surface area is 154 Å². The highest BCUT2D eigenvalue weighted by Crippen LogP contribution is 2.42. The number of nitrogens with zero attached hydrogens (tertiary/aromatic N) is 1. The number of amides is 2. The number of benzene rings is 2. The summed E-state index contributed by atoms with van der Waals surface area (Å²) < 4.78 is 13.0. The molecule has 1 unspecified atom stereocenters. The Morgan fingerprint density at radius 1 is 1.27 bits per heavy atom. The van der Waals surface area contributed by atoms with Crippen molar-refractivity contribution in [3.8, 4) is 0 Å². The number of halogens is 1. The number of carbonyl (C=O) groups excluding carboxylic acids is 2. The van der Waals surface area contributed by atoms with Crippen molar-refractivity contribution in [1.29, 1.82) is 0 Å². The molecule has 0 aromatic heterocycles. The van der Waals surface area contributed by atoms with Crippen LogP contribution in [0, 0.1) is 5.82 Å². The van der Waals surface area contributed by atoms with Crippen molar-refractivity contribution in [2.24, 2.45) is 10.7 Å². The van der Waals surface area contributed by atoms with E-state index >= 15 is 0 Å². The molecule has 0 radical (unpaired) electrons. The predicted octanol–water partition coefficient (Wildman–Crippen LogP) is 3.12. The van der Waals surface area contributed by atoms with E-state index in [4.69, 9.17) is 5.73 Å². The molecule has 7 heteroatoms. The lowest BCUT2D eigenvalue weighted by Gasteiger charge is -2.19. The van der Waals surface area contributed by atoms with Crippen LogP contribution in [0.1, 0.15) is 41.4 Å². The third-order valence-electron chi connectivity index (χ3n) is 4.32. The molecule has 2 atom stereocenters. The van der Waals surface area contributed by atoms with E-state index < -0.39 is 16.7 Å². The van der Waals surface area contributed by atoms with Gasteiger partial charge in [0.25, 0.3) is 0 Å². The molecule has 1 aliphatic rings. The molecular weight excluding hydrogens is 353 g/mol. The number of nitrogens with one attached hydrogen (secondary N) is 1. The van der Waals surface area contributed by atoms with Crippen molar-refractivity contribution >= 4 is 28.7 Å². The van der Waals surface area contributed by atoms with Crippen LogP contribution < -0.4 is 11.1 Å². The Bertz CT molecular complexity index is 915. The number of primary amides is 1. The molecule has 3 N–H and O–H groups in total. The molecule has 5 nitrogen and oxygen atoms in total. The zero-order valence-corrected chi connectivity index (χ0v) is 15.1. The molecule has 0 saturated carbocycles. The highest BCUT2D eigenvalue weighted by molar-refractivity contribution is 8.15. The number of hydrogen-bond donors (Lipinski definition) is 2. The van der Waals surface area contributed by atoms with Gasteiger partial charge in [0.2, 0.25) is 11.8 Å². The van der Waals surface area contributed by atoms with E-state index in [1.807, 2.05) is 0 Å². The van der Waals surface area contributed by atoms with Gasteiger partial charge in [-0.05, 0) is 37.6 Å². The highest BCUT2D eigenvalue weighted by atomic mass is 32.2. The van der Waals surface area contributed by atoms with Gasteiger partial charge >= 0.3 is 0 Å². The van der Waals surface area contributed by atoms with Crippen molar-refractivity contribution in [3.05, 3.63) is 71.0 Å². The first-order valence-electron chi connectivity index (χ1n) is 8.04. The first-order chi connectivity index (χ1) is 12.3. The molecule has 0 spiro atoms. The number of amidine groups is 1. The lowest BCUT2D eigenvalue weighted by molar-refractivity contribution is -0.121. The third kappa shape index (κ3) is 3.35. The number of thioether (sulfide) groups is 1. The van der Waals surface area contributed by atoms with E-state index in [0.29, 0.717) is 21.9 Å². The molecule has 1 aliphatic heterocycles. The van der Waals surface area contributed by atoms with Crippen LogP contribution in [0.25, 0.3) is 0 Å². The molecule has 134 valence electrons. The van der Waals surface area contributed by atoms with Crippen LogP contribution in [-0.4, -0.2) is 17.0 Å². The normalized spacial score (nSPS) is 22.3. The summed E-state index contributed by atoms with van der Waals surface area (Å²) in [5.74, 6) is -1.14. The van der Waals surface area contributed by atoms with E-state index in [2.05, 4.69) is 10.3 Å². The topological polar surface area (TPSA) is 84.6 Å². The summed E-state index contributed by atoms with van der Waals surface area (Å²) in [5, 5.41) is 3.16. The average molecular weight is 371 g/mol. The lowest BCUT2D eigenvalue weighted by Crippen LogP contribution is -2.32. The Morgan fingerprint density at radius 3 is 2.69 bits per heavy atom. The van der Waals surface area contributed by atoms with Gasteiger partial charge in [0.15, 0.2) is 5.17 Å². The first-order valence-corrected chi connectivity index (χ1v) is 8.86. The van der Waals surface area contributed by atoms with Gasteiger partial charge in [-0.15, -0.1) is 0 Å². The van der Waals surface area contributed by atoms with Gasteiger partial charge in [0.05, 0.1) is 6.04 Å². The summed E-state index contributed by atoms with van der Waals surface area (Å²) in [4.78, 5) is 28.4. The van der Waals surface area contributed by atoms with E-state index in [0.717, 1.165) is 0 Å². The van der Waals surface area contributed by atoms with Crippen molar-refractivity contribution in [2.45, 2.75) is 24.6 Å². The zero-order valence-electron chi connectivity index (χ0n) is 14.3. The van der Waals surface area contributed by atoms with Crippen molar-refractivity contribution in [2.75, 3.05) is 0 Å². The SMILES string of the molecule is C[C@H](N=C1NC(=O)C(C)(c2cccc(C(N)=O)c2)S1)c1ccccc1F. The minimum absolute atomic E-state index is 0.247. The van der Waals surface area contributed by atoms with Crippen LogP contribution in [0.4, 0.5) is 4.39 Å².